The Hall–Kier alpha value is -1.37. The molecule has 0 bridgehead atoms. The first-order valence-corrected chi connectivity index (χ1v) is 6.85. The van der Waals surface area contributed by atoms with Crippen molar-refractivity contribution in [1.82, 2.24) is 9.29 Å². The lowest BCUT2D eigenvalue weighted by Crippen LogP contribution is -2.31. The highest BCUT2D eigenvalue weighted by Crippen LogP contribution is 2.16. The number of aromatic nitrogens is 1. The number of nitrogens with one attached hydrogen (secondary N) is 1. The summed E-state index contributed by atoms with van der Waals surface area (Å²) < 4.78 is 25.6. The number of halogens is 1. The zero-order valence-corrected chi connectivity index (χ0v) is 11.2. The number of hydrogen-bond donors (Lipinski definition) is 1. The first kappa shape index (κ1) is 14.7. The number of hydrogen-bond acceptors (Lipinski definition) is 3. The van der Waals surface area contributed by atoms with Gasteiger partial charge in [0.15, 0.2) is 0 Å². The van der Waals surface area contributed by atoms with Gasteiger partial charge in [-0.2, -0.15) is 4.31 Å². The summed E-state index contributed by atoms with van der Waals surface area (Å²) in [7, 11) is -3.73. The molecular formula is C11H13ClN2O3S. The third kappa shape index (κ3) is 3.10. The van der Waals surface area contributed by atoms with E-state index < -0.39 is 15.6 Å². The lowest BCUT2D eigenvalue weighted by atomic mass is 10.5. The molecule has 1 aromatic heterocycles. The van der Waals surface area contributed by atoms with Crippen molar-refractivity contribution in [3.8, 4) is 0 Å². The maximum absolute atomic E-state index is 12.2. The number of sulfonamides is 1. The fraction of sp³-hybridized carbons (Fsp3) is 0.182. The standard InChI is InChI=1S/C11H13ClN2O3S/c1-3-5-14(6-4-2)18(16,17)9-7-10(12)11(15)13-8-9/h3-4,7-8H,1-2,5-6H2,(H,13,15). The average molecular weight is 289 g/mol. The number of rotatable bonds is 6. The van der Waals surface area contributed by atoms with Crippen LogP contribution in [-0.2, 0) is 10.0 Å². The average Bonchev–Trinajstić information content (AvgIpc) is 2.32. The normalized spacial score (nSPS) is 11.4. The van der Waals surface area contributed by atoms with Gasteiger partial charge in [-0.15, -0.1) is 13.2 Å². The molecule has 98 valence electrons. The summed E-state index contributed by atoms with van der Waals surface area (Å²) >= 11 is 5.61. The van der Waals surface area contributed by atoms with Gasteiger partial charge in [-0.1, -0.05) is 23.8 Å². The molecule has 0 aromatic carbocycles. The van der Waals surface area contributed by atoms with Crippen LogP contribution in [0.4, 0.5) is 0 Å². The predicted octanol–water partition coefficient (Wildman–Crippen LogP) is 1.39. The third-order valence-corrected chi connectivity index (χ3v) is 4.22. The molecule has 0 spiro atoms. The lowest BCUT2D eigenvalue weighted by molar-refractivity contribution is 0.474. The van der Waals surface area contributed by atoms with Crippen LogP contribution in [0, 0.1) is 0 Å². The number of pyridine rings is 1. The molecule has 1 heterocycles. The van der Waals surface area contributed by atoms with Crippen LogP contribution < -0.4 is 5.56 Å². The van der Waals surface area contributed by atoms with Crippen molar-refractivity contribution in [1.29, 1.82) is 0 Å². The van der Waals surface area contributed by atoms with Crippen molar-refractivity contribution in [3.63, 3.8) is 0 Å². The van der Waals surface area contributed by atoms with E-state index in [1.807, 2.05) is 0 Å². The Morgan fingerprint density at radius 2 is 1.89 bits per heavy atom. The van der Waals surface area contributed by atoms with Gasteiger partial charge in [-0.05, 0) is 6.07 Å². The number of aromatic amines is 1. The molecule has 18 heavy (non-hydrogen) atoms. The molecule has 0 atom stereocenters. The van der Waals surface area contributed by atoms with Gasteiger partial charge < -0.3 is 4.98 Å². The van der Waals surface area contributed by atoms with Crippen molar-refractivity contribution in [2.24, 2.45) is 0 Å². The molecule has 5 nitrogen and oxygen atoms in total. The molecule has 7 heteroatoms. The van der Waals surface area contributed by atoms with Gasteiger partial charge in [-0.3, -0.25) is 4.79 Å². The van der Waals surface area contributed by atoms with Crippen molar-refractivity contribution in [3.05, 3.63) is 52.9 Å². The molecule has 0 amide bonds. The third-order valence-electron chi connectivity index (χ3n) is 2.13. The van der Waals surface area contributed by atoms with E-state index in [-0.39, 0.29) is 23.0 Å². The molecular weight excluding hydrogens is 276 g/mol. The Morgan fingerprint density at radius 1 is 1.33 bits per heavy atom. The molecule has 1 rings (SSSR count). The van der Waals surface area contributed by atoms with Gasteiger partial charge in [0.25, 0.3) is 5.56 Å². The van der Waals surface area contributed by atoms with Crippen LogP contribution in [0.15, 0.2) is 47.3 Å². The Balaban J connectivity index is 3.25. The highest BCUT2D eigenvalue weighted by Gasteiger charge is 2.23. The van der Waals surface area contributed by atoms with Crippen LogP contribution in [0.3, 0.4) is 0 Å². The Bertz CT molecular complexity index is 597. The largest absolute Gasteiger partial charge is 0.326 e. The summed E-state index contributed by atoms with van der Waals surface area (Å²) in [5.74, 6) is 0. The van der Waals surface area contributed by atoms with Crippen LogP contribution in [0.2, 0.25) is 5.02 Å². The second-order valence-electron chi connectivity index (χ2n) is 3.41. The minimum Gasteiger partial charge on any atom is -0.326 e. The van der Waals surface area contributed by atoms with E-state index in [9.17, 15) is 13.2 Å². The maximum Gasteiger partial charge on any atom is 0.266 e. The van der Waals surface area contributed by atoms with E-state index in [0.717, 1.165) is 16.6 Å². The lowest BCUT2D eigenvalue weighted by Gasteiger charge is -2.18. The van der Waals surface area contributed by atoms with Gasteiger partial charge in [0.05, 0.1) is 4.90 Å². The van der Waals surface area contributed by atoms with E-state index in [0.29, 0.717) is 0 Å². The molecule has 0 aliphatic heterocycles. The van der Waals surface area contributed by atoms with Crippen LogP contribution in [0.5, 0.6) is 0 Å². The van der Waals surface area contributed by atoms with Gasteiger partial charge >= 0.3 is 0 Å². The molecule has 0 fully saturated rings. The van der Waals surface area contributed by atoms with E-state index >= 15 is 0 Å². The Labute approximate surface area is 110 Å². The Morgan fingerprint density at radius 3 is 2.33 bits per heavy atom. The number of H-pyrrole nitrogens is 1. The summed E-state index contributed by atoms with van der Waals surface area (Å²) in [6.07, 6.45) is 4.05. The van der Waals surface area contributed by atoms with Crippen LogP contribution in [0.1, 0.15) is 0 Å². The summed E-state index contributed by atoms with van der Waals surface area (Å²) in [6, 6.07) is 1.12. The highest BCUT2D eigenvalue weighted by atomic mass is 35.5. The van der Waals surface area contributed by atoms with Gasteiger partial charge in [0, 0.05) is 19.3 Å². The Kier molecular flexibility index (Phi) is 4.89. The first-order valence-electron chi connectivity index (χ1n) is 5.03. The topological polar surface area (TPSA) is 70.2 Å². The minimum atomic E-state index is -3.73. The van der Waals surface area contributed by atoms with Crippen molar-refractivity contribution in [2.45, 2.75) is 4.90 Å². The molecule has 0 aliphatic carbocycles. The summed E-state index contributed by atoms with van der Waals surface area (Å²) in [6.45, 7) is 7.28. The van der Waals surface area contributed by atoms with Crippen molar-refractivity contribution in [2.75, 3.05) is 13.1 Å². The second-order valence-corrected chi connectivity index (χ2v) is 5.76. The zero-order chi connectivity index (χ0) is 13.8. The summed E-state index contributed by atoms with van der Waals surface area (Å²) in [4.78, 5) is 13.3. The molecule has 0 unspecified atom stereocenters. The van der Waals surface area contributed by atoms with Crippen LogP contribution in [-0.4, -0.2) is 30.8 Å². The van der Waals surface area contributed by atoms with E-state index in [4.69, 9.17) is 11.6 Å². The molecule has 0 aliphatic rings. The van der Waals surface area contributed by atoms with Crippen molar-refractivity contribution < 1.29 is 8.42 Å². The van der Waals surface area contributed by atoms with Gasteiger partial charge in [0.2, 0.25) is 10.0 Å². The fourth-order valence-electron chi connectivity index (χ4n) is 1.29. The monoisotopic (exact) mass is 288 g/mol. The van der Waals surface area contributed by atoms with Crippen LogP contribution in [0.25, 0.3) is 0 Å². The first-order chi connectivity index (χ1) is 8.43. The smallest absolute Gasteiger partial charge is 0.266 e. The number of nitrogens with zero attached hydrogens (tertiary/aromatic N) is 1. The quantitative estimate of drug-likeness (QED) is 0.804. The van der Waals surface area contributed by atoms with E-state index in [2.05, 4.69) is 18.1 Å². The fourth-order valence-corrected chi connectivity index (χ4v) is 2.91. The molecule has 1 aromatic rings. The second kappa shape index (κ2) is 5.99. The van der Waals surface area contributed by atoms with Gasteiger partial charge in [0.1, 0.15) is 5.02 Å². The summed E-state index contributed by atoms with van der Waals surface area (Å²) in [5.41, 5.74) is -0.533. The minimum absolute atomic E-state index is 0.0733. The molecule has 0 radical (unpaired) electrons. The van der Waals surface area contributed by atoms with Crippen molar-refractivity contribution >= 4 is 21.6 Å². The maximum atomic E-state index is 12.2. The van der Waals surface area contributed by atoms with Crippen LogP contribution >= 0.6 is 11.6 Å². The molecule has 1 N–H and O–H groups in total. The summed E-state index contributed by atoms with van der Waals surface area (Å²) in [5, 5.41) is -0.173. The highest BCUT2D eigenvalue weighted by molar-refractivity contribution is 7.89. The predicted molar refractivity (Wildman–Crippen MR) is 71.2 cm³/mol. The SMILES string of the molecule is C=CCN(CC=C)S(=O)(=O)c1c[nH]c(=O)c(Cl)c1. The van der Waals surface area contributed by atoms with Gasteiger partial charge in [-0.25, -0.2) is 8.42 Å². The molecule has 0 saturated carbocycles. The molecule has 0 saturated heterocycles. The van der Waals surface area contributed by atoms with E-state index in [1.54, 1.807) is 0 Å². The van der Waals surface area contributed by atoms with E-state index in [1.165, 1.54) is 12.2 Å². The zero-order valence-electron chi connectivity index (χ0n) is 9.60.